The second kappa shape index (κ2) is 14.4. The highest BCUT2D eigenvalue weighted by molar-refractivity contribution is 5.79. The topological polar surface area (TPSA) is 120 Å². The van der Waals surface area contributed by atoms with Crippen LogP contribution in [0.15, 0.2) is 24.5 Å². The van der Waals surface area contributed by atoms with E-state index >= 15 is 0 Å². The van der Waals surface area contributed by atoms with Crippen LogP contribution in [0.25, 0.3) is 0 Å². The van der Waals surface area contributed by atoms with E-state index < -0.39 is 24.3 Å². The Labute approximate surface area is 220 Å². The Morgan fingerprint density at radius 2 is 1.44 bits per heavy atom. The van der Waals surface area contributed by atoms with E-state index in [0.29, 0.717) is 11.9 Å². The highest BCUT2D eigenvalue weighted by atomic mass is 19.4. The summed E-state index contributed by atoms with van der Waals surface area (Å²) in [7, 11) is 0. The number of ether oxygens (including phenoxy) is 1. The number of carboxylic acids is 2. The number of fused-ring (bicyclic) bond motifs is 1. The average Bonchev–Trinajstić information content (AvgIpc) is 2.89. The van der Waals surface area contributed by atoms with Gasteiger partial charge in [-0.1, -0.05) is 19.3 Å². The van der Waals surface area contributed by atoms with E-state index in [1.165, 1.54) is 24.8 Å². The smallest absolute Gasteiger partial charge is 0.475 e. The highest BCUT2D eigenvalue weighted by Gasteiger charge is 2.40. The van der Waals surface area contributed by atoms with Crippen molar-refractivity contribution >= 4 is 17.8 Å². The number of aliphatic carboxylic acids is 2. The van der Waals surface area contributed by atoms with Crippen molar-refractivity contribution in [1.82, 2.24) is 14.8 Å². The Kier molecular flexibility index (Phi) is 12.0. The molecular weight excluding hydrogens is 540 g/mol. The number of amides is 1. The normalized spacial score (nSPS) is 22.4. The fourth-order valence-corrected chi connectivity index (χ4v) is 4.67. The quantitative estimate of drug-likeness (QED) is 0.527. The Hall–Kier alpha value is -2.94. The largest absolute Gasteiger partial charge is 0.490 e. The summed E-state index contributed by atoms with van der Waals surface area (Å²) >= 11 is 0. The van der Waals surface area contributed by atoms with Crippen LogP contribution in [-0.4, -0.2) is 93.6 Å². The van der Waals surface area contributed by atoms with Gasteiger partial charge in [-0.15, -0.1) is 0 Å². The van der Waals surface area contributed by atoms with Crippen LogP contribution in [0.4, 0.5) is 26.3 Å². The number of rotatable bonds is 3. The first-order chi connectivity index (χ1) is 18.2. The SMILES string of the molecule is O=C(C1CCCCC1)N1CC[C@@H]2OCCN(Cc3ccncc3)[C@H]2C1.O=C(O)C(F)(F)F.O=C(O)C(F)(F)F. The molecule has 0 bridgehead atoms. The summed E-state index contributed by atoms with van der Waals surface area (Å²) in [6, 6.07) is 4.49. The summed E-state index contributed by atoms with van der Waals surface area (Å²) in [6.07, 6.45) is 0.673. The first-order valence-corrected chi connectivity index (χ1v) is 12.3. The second-order valence-electron chi connectivity index (χ2n) is 9.32. The molecule has 220 valence electrons. The highest BCUT2D eigenvalue weighted by Crippen LogP contribution is 2.29. The molecule has 3 aliphatic rings. The summed E-state index contributed by atoms with van der Waals surface area (Å²) in [6.45, 7) is 4.33. The molecule has 9 nitrogen and oxygen atoms in total. The molecule has 1 aliphatic carbocycles. The van der Waals surface area contributed by atoms with E-state index in [1.54, 1.807) is 0 Å². The number of alkyl halides is 6. The number of piperidine rings is 1. The van der Waals surface area contributed by atoms with Crippen molar-refractivity contribution in [2.45, 2.75) is 69.6 Å². The van der Waals surface area contributed by atoms with Crippen molar-refractivity contribution in [3.05, 3.63) is 30.1 Å². The number of aromatic nitrogens is 1. The molecule has 1 amide bonds. The third-order valence-electron chi connectivity index (χ3n) is 6.59. The molecule has 39 heavy (non-hydrogen) atoms. The third kappa shape index (κ3) is 10.6. The van der Waals surface area contributed by atoms with Gasteiger partial charge in [0.2, 0.25) is 5.91 Å². The molecule has 1 aromatic rings. The minimum absolute atomic E-state index is 0.267. The van der Waals surface area contributed by atoms with Crippen molar-refractivity contribution in [2.24, 2.45) is 5.92 Å². The Bertz CT molecular complexity index is 917. The van der Waals surface area contributed by atoms with Gasteiger partial charge in [-0.05, 0) is 37.0 Å². The molecule has 0 unspecified atom stereocenters. The van der Waals surface area contributed by atoms with Crippen LogP contribution >= 0.6 is 0 Å². The van der Waals surface area contributed by atoms with E-state index in [0.717, 1.165) is 52.0 Å². The second-order valence-corrected chi connectivity index (χ2v) is 9.32. The molecule has 15 heteroatoms. The monoisotopic (exact) mass is 571 g/mol. The number of hydrogen-bond donors (Lipinski definition) is 2. The molecule has 0 spiro atoms. The summed E-state index contributed by atoms with van der Waals surface area (Å²) in [5.74, 6) is -4.85. The number of carboxylic acid groups (broad SMARTS) is 2. The van der Waals surface area contributed by atoms with E-state index in [2.05, 4.69) is 26.9 Å². The number of carbonyl (C=O) groups is 3. The lowest BCUT2D eigenvalue weighted by molar-refractivity contribution is -0.193. The maximum Gasteiger partial charge on any atom is 0.490 e. The van der Waals surface area contributed by atoms with Crippen molar-refractivity contribution in [1.29, 1.82) is 0 Å². The summed E-state index contributed by atoms with van der Waals surface area (Å²) < 4.78 is 69.5. The van der Waals surface area contributed by atoms with Crippen molar-refractivity contribution < 1.29 is 55.7 Å². The number of hydrogen-bond acceptors (Lipinski definition) is 6. The van der Waals surface area contributed by atoms with Crippen molar-refractivity contribution in [3.63, 3.8) is 0 Å². The molecule has 2 atom stereocenters. The zero-order valence-electron chi connectivity index (χ0n) is 21.0. The van der Waals surface area contributed by atoms with Gasteiger partial charge in [0, 0.05) is 44.5 Å². The van der Waals surface area contributed by atoms with Crippen LogP contribution < -0.4 is 0 Å². The van der Waals surface area contributed by atoms with Crippen LogP contribution in [0, 0.1) is 5.92 Å². The van der Waals surface area contributed by atoms with E-state index in [4.69, 9.17) is 24.5 Å². The van der Waals surface area contributed by atoms with Gasteiger partial charge in [-0.2, -0.15) is 26.3 Å². The molecule has 3 heterocycles. The predicted molar refractivity (Wildman–Crippen MR) is 123 cm³/mol. The molecule has 4 rings (SSSR count). The number of morpholine rings is 1. The van der Waals surface area contributed by atoms with Gasteiger partial charge < -0.3 is 19.8 Å². The van der Waals surface area contributed by atoms with Crippen LogP contribution in [0.1, 0.15) is 44.1 Å². The van der Waals surface area contributed by atoms with Crippen molar-refractivity contribution in [3.8, 4) is 0 Å². The van der Waals surface area contributed by atoms with Crippen LogP contribution in [0.3, 0.4) is 0 Å². The van der Waals surface area contributed by atoms with Gasteiger partial charge in [0.15, 0.2) is 0 Å². The minimum atomic E-state index is -5.08. The van der Waals surface area contributed by atoms with Gasteiger partial charge in [0.25, 0.3) is 0 Å². The fraction of sp³-hybridized carbons (Fsp3) is 0.667. The molecule has 2 N–H and O–H groups in total. The van der Waals surface area contributed by atoms with Gasteiger partial charge in [-0.25, -0.2) is 9.59 Å². The molecule has 1 saturated carbocycles. The van der Waals surface area contributed by atoms with Crippen LogP contribution in [-0.2, 0) is 25.7 Å². The van der Waals surface area contributed by atoms with Gasteiger partial charge in [0.1, 0.15) is 0 Å². The molecule has 3 fully saturated rings. The van der Waals surface area contributed by atoms with Gasteiger partial charge in [0.05, 0.1) is 18.8 Å². The molecule has 0 aromatic carbocycles. The molecule has 0 radical (unpaired) electrons. The number of likely N-dealkylation sites (tertiary alicyclic amines) is 1. The lowest BCUT2D eigenvalue weighted by atomic mass is 9.87. The van der Waals surface area contributed by atoms with Crippen LogP contribution in [0.2, 0.25) is 0 Å². The van der Waals surface area contributed by atoms with Crippen LogP contribution in [0.5, 0.6) is 0 Å². The van der Waals surface area contributed by atoms with E-state index in [-0.39, 0.29) is 12.0 Å². The Morgan fingerprint density at radius 3 is 1.95 bits per heavy atom. The zero-order valence-corrected chi connectivity index (χ0v) is 21.0. The summed E-state index contributed by atoms with van der Waals surface area (Å²) in [5.41, 5.74) is 1.28. The number of pyridine rings is 1. The number of halogens is 6. The summed E-state index contributed by atoms with van der Waals surface area (Å²) in [4.78, 5) is 39.5. The zero-order chi connectivity index (χ0) is 29.2. The predicted octanol–water partition coefficient (Wildman–Crippen LogP) is 3.73. The van der Waals surface area contributed by atoms with Gasteiger partial charge in [-0.3, -0.25) is 14.7 Å². The lowest BCUT2D eigenvalue weighted by Gasteiger charge is -2.47. The first-order valence-electron chi connectivity index (χ1n) is 12.3. The maximum absolute atomic E-state index is 13.0. The van der Waals surface area contributed by atoms with Crippen molar-refractivity contribution in [2.75, 3.05) is 26.2 Å². The molecule has 2 saturated heterocycles. The third-order valence-corrected chi connectivity index (χ3v) is 6.59. The van der Waals surface area contributed by atoms with E-state index in [1.807, 2.05) is 12.4 Å². The molecule has 1 aromatic heterocycles. The van der Waals surface area contributed by atoms with E-state index in [9.17, 15) is 31.1 Å². The Balaban J connectivity index is 0.000000317. The first kappa shape index (κ1) is 32.3. The average molecular weight is 572 g/mol. The standard InChI is InChI=1S/C20H29N3O2.2C2HF3O2/c24-20(17-4-2-1-3-5-17)23-11-8-19-18(15-23)22(12-13-25-19)14-16-6-9-21-10-7-16;2*3-2(4,5)1(6)7/h6-7,9-10,17-19H,1-5,8,11-15H2;2*(H,6,7)/t18-,19-;;/m0../s1. The lowest BCUT2D eigenvalue weighted by Crippen LogP contribution is -2.61. The van der Waals surface area contributed by atoms with Gasteiger partial charge >= 0.3 is 24.3 Å². The number of nitrogens with zero attached hydrogens (tertiary/aromatic N) is 3. The Morgan fingerprint density at radius 1 is 0.897 bits per heavy atom. The number of carbonyl (C=O) groups excluding carboxylic acids is 1. The minimum Gasteiger partial charge on any atom is -0.475 e. The molecule has 2 aliphatic heterocycles. The molecular formula is C24H31F6N3O6. The maximum atomic E-state index is 13.0. The summed E-state index contributed by atoms with van der Waals surface area (Å²) in [5, 5.41) is 14.2. The fourth-order valence-electron chi connectivity index (χ4n) is 4.67.